The average molecular weight is 1330 g/mol. The second-order valence-electron chi connectivity index (χ2n) is 20.7. The van der Waals surface area contributed by atoms with Crippen molar-refractivity contribution in [3.63, 3.8) is 0 Å². The van der Waals surface area contributed by atoms with Gasteiger partial charge in [0.1, 0.15) is 7.82 Å². The molecule has 0 aromatic carbocycles. The molecular weight excluding hydrogens is 1210 g/mol. The van der Waals surface area contributed by atoms with Crippen molar-refractivity contribution < 1.29 is 125 Å². The van der Waals surface area contributed by atoms with E-state index in [0.29, 0.717) is 38.5 Å². The molecule has 0 rings (SSSR count). The minimum Gasteiger partial charge on any atom is -0.850 e. The smallest absolute Gasteiger partial charge is 0.850 e. The van der Waals surface area contributed by atoms with E-state index in [-0.39, 0.29) is 61.4 Å². The zero-order valence-electron chi connectivity index (χ0n) is 51.5. The molecule has 0 radical (unpaired) electrons. The molecule has 0 fully saturated rings. The van der Waals surface area contributed by atoms with E-state index in [1.165, 1.54) is 38.5 Å². The molecule has 29 heteroatoms. The summed E-state index contributed by atoms with van der Waals surface area (Å²) in [5.41, 5.74) is -0.750. The van der Waals surface area contributed by atoms with Gasteiger partial charge in [0.25, 0.3) is 0 Å². The average Bonchev–Trinajstić information content (AvgIpc) is 3.33. The van der Waals surface area contributed by atoms with E-state index < -0.39 is 53.6 Å². The van der Waals surface area contributed by atoms with E-state index in [1.54, 1.807) is 20.8 Å². The number of unbranched alkanes of at least 4 members (excludes halogenated alkanes) is 30. The van der Waals surface area contributed by atoms with E-state index in [0.717, 1.165) is 154 Å². The van der Waals surface area contributed by atoms with Gasteiger partial charge in [-0.05, 0) is 38.5 Å². The van der Waals surface area contributed by atoms with Crippen molar-refractivity contribution in [2.45, 2.75) is 299 Å². The van der Waals surface area contributed by atoms with Crippen LogP contribution in [0, 0.1) is 0 Å². The second-order valence-corrected chi connectivity index (χ2v) is 29.7. The minimum absolute atomic E-state index is 0. The van der Waals surface area contributed by atoms with Crippen LogP contribution in [0.3, 0.4) is 0 Å². The van der Waals surface area contributed by atoms with Crippen molar-refractivity contribution in [3.8, 4) is 0 Å². The number of phosphoric ester groups is 3. The summed E-state index contributed by atoms with van der Waals surface area (Å²) in [6.45, 7) is 18.1. The van der Waals surface area contributed by atoms with Crippen LogP contribution >= 0.6 is 48.0 Å². The topological polar surface area (TPSA) is 356 Å². The zero-order chi connectivity index (χ0) is 61.6. The third-order valence-electron chi connectivity index (χ3n) is 11.1. The van der Waals surface area contributed by atoms with Crippen LogP contribution in [0.4, 0.5) is 0 Å². The van der Waals surface area contributed by atoms with E-state index in [1.807, 2.05) is 0 Å². The number of hydrogen-bond acceptors (Lipinski definition) is 19. The van der Waals surface area contributed by atoms with Crippen LogP contribution in [0.15, 0.2) is 0 Å². The van der Waals surface area contributed by atoms with E-state index in [4.69, 9.17) is 41.8 Å². The summed E-state index contributed by atoms with van der Waals surface area (Å²) in [5, 5.41) is 10.1. The summed E-state index contributed by atoms with van der Waals surface area (Å²) in [6.07, 6.45) is 36.2. The third-order valence-corrected chi connectivity index (χ3v) is 19.0. The summed E-state index contributed by atoms with van der Waals surface area (Å²) in [5.74, 6) is 0. The Morgan fingerprint density at radius 2 is 0.494 bits per heavy atom. The van der Waals surface area contributed by atoms with Gasteiger partial charge in [-0.2, -0.15) is 31.5 Å². The molecule has 0 bridgehead atoms. The summed E-state index contributed by atoms with van der Waals surface area (Å²) in [6, 6.07) is 0. The maximum absolute atomic E-state index is 12.3. The van der Waals surface area contributed by atoms with Gasteiger partial charge in [0, 0.05) is 0 Å². The quantitative estimate of drug-likeness (QED) is 0.0289. The Kier molecular flexibility index (Phi) is 67.4. The molecule has 0 heterocycles. The fourth-order valence-corrected chi connectivity index (χ4v) is 13.5. The molecule has 22 nitrogen and oxygen atoms in total. The van der Waals surface area contributed by atoms with Crippen LogP contribution in [0.1, 0.15) is 293 Å². The molecule has 0 spiro atoms. The van der Waals surface area contributed by atoms with Gasteiger partial charge in [-0.25, -0.2) is 4.57 Å². The normalized spacial score (nSPS) is 13.1. The summed E-state index contributed by atoms with van der Waals surface area (Å²) < 4.78 is 75.4. The van der Waals surface area contributed by atoms with E-state index in [2.05, 4.69) is 54.5 Å². The van der Waals surface area contributed by atoms with Crippen LogP contribution < -0.4 is 34.5 Å². The fourth-order valence-electron chi connectivity index (χ4n) is 6.98. The van der Waals surface area contributed by atoms with Crippen molar-refractivity contribution in [1.82, 2.24) is 0 Å². The Hall–Kier alpha value is 1.93. The van der Waals surface area contributed by atoms with Gasteiger partial charge in [-0.15, -0.1) is 9.91 Å². The molecule has 1 unspecified atom stereocenters. The van der Waals surface area contributed by atoms with Gasteiger partial charge in [0.15, 0.2) is 0 Å². The van der Waals surface area contributed by atoms with Gasteiger partial charge in [-0.1, -0.05) is 259 Å². The molecule has 0 amide bonds. The first-order chi connectivity index (χ1) is 37.5. The van der Waals surface area contributed by atoms with Crippen molar-refractivity contribution >= 4 is 48.0 Å². The first-order valence-corrected chi connectivity index (χ1v) is 39.0. The number of hydrogen-bond donors (Lipinski definition) is 3. The first-order valence-electron chi connectivity index (χ1n) is 30.1. The monoisotopic (exact) mass is 1320 g/mol. The number of rotatable bonds is 54. The Labute approximate surface area is 508 Å². The maximum Gasteiger partial charge on any atom is 4.00 e. The van der Waals surface area contributed by atoms with Gasteiger partial charge >= 0.3 is 61.9 Å². The summed E-state index contributed by atoms with van der Waals surface area (Å²) in [7, 11) is -28.4. The third kappa shape index (κ3) is 81.9. The van der Waals surface area contributed by atoms with Crippen LogP contribution in [-0.4, -0.2) is 59.9 Å². The SMILES string of the molecule is CC(C)(C)[O-].CCCCCCCCO[P+]([O-])(OCCCCCCCC)OP(=O)(O)O.CCCCCCCCO[P+]([O-])(OCCCCCCCC)OP(=O)([O-])O.CCCCCCCCO[P+]([O-])(OCCCCCCCC)OP(=O)([O-])[O-].[Ti+4]. The van der Waals surface area contributed by atoms with Crippen molar-refractivity contribution in [2.24, 2.45) is 0 Å². The molecule has 81 heavy (non-hydrogen) atoms. The standard InChI is InChI=1S/3C16H36O7P2.C4H9O.Ti/c3*1-3-5-7-9-11-13-15-21-25(20,23-24(17,18)19)22-16-14-12-10-8-6-4-2;1-4(2,3)5;/h3*3-16H2,1-2H3,(H2,17,18,19);1-3H3;/q;;;-1;+4/p-3. The Morgan fingerprint density at radius 3 is 0.654 bits per heavy atom. The molecule has 488 valence electrons. The van der Waals surface area contributed by atoms with E-state index >= 15 is 0 Å². The van der Waals surface area contributed by atoms with Gasteiger partial charge in [0.2, 0.25) is 0 Å². The Morgan fingerprint density at radius 1 is 0.333 bits per heavy atom. The van der Waals surface area contributed by atoms with E-state index in [9.17, 15) is 48.2 Å². The summed E-state index contributed by atoms with van der Waals surface area (Å²) in [4.78, 5) is 96.0. The van der Waals surface area contributed by atoms with Crippen LogP contribution in [0.25, 0.3) is 0 Å². The Bertz CT molecular complexity index is 1250. The van der Waals surface area contributed by atoms with Crippen LogP contribution in [0.2, 0.25) is 0 Å². The van der Waals surface area contributed by atoms with Crippen LogP contribution in [0.5, 0.6) is 0 Å². The predicted octanol–water partition coefficient (Wildman–Crippen LogP) is 12.9. The Balaban J connectivity index is -0.000000339. The largest absolute Gasteiger partial charge is 4.00 e. The maximum atomic E-state index is 12.3. The molecule has 0 aliphatic heterocycles. The van der Waals surface area contributed by atoms with Crippen molar-refractivity contribution in [2.75, 3.05) is 39.6 Å². The van der Waals surface area contributed by atoms with Crippen molar-refractivity contribution in [1.29, 1.82) is 0 Å². The number of phosphoric acid groups is 6. The van der Waals surface area contributed by atoms with Crippen molar-refractivity contribution in [3.05, 3.63) is 0 Å². The second kappa shape index (κ2) is 59.6. The van der Waals surface area contributed by atoms with Gasteiger partial charge in [0.05, 0.1) is 39.6 Å². The molecule has 0 aliphatic rings. The molecular formula is C52H114O22P6Ti. The van der Waals surface area contributed by atoms with Gasteiger partial charge in [-0.3, -0.25) is 4.57 Å². The van der Waals surface area contributed by atoms with Crippen LogP contribution in [-0.2, 0) is 75.5 Å². The molecule has 0 aromatic rings. The molecule has 0 saturated heterocycles. The fraction of sp³-hybridized carbons (Fsp3) is 1.00. The zero-order valence-corrected chi connectivity index (χ0v) is 58.4. The van der Waals surface area contributed by atoms with Gasteiger partial charge < -0.3 is 53.7 Å². The first kappa shape index (κ1) is 91.7. The molecule has 3 N–H and O–H groups in total. The predicted molar refractivity (Wildman–Crippen MR) is 309 cm³/mol. The summed E-state index contributed by atoms with van der Waals surface area (Å²) >= 11 is 0. The molecule has 0 aliphatic carbocycles. The molecule has 0 saturated carbocycles. The minimum atomic E-state index is -5.44. The molecule has 1 atom stereocenters. The molecule has 0 aromatic heterocycles.